The Kier molecular flexibility index (Phi) is 1.70. The monoisotopic (exact) mass is 178 g/mol. The second-order valence-corrected chi connectivity index (χ2v) is 2.56. The molecule has 2 aromatic rings. The molecule has 1 aromatic heterocycles. The molecule has 0 fully saturated rings. The zero-order chi connectivity index (χ0) is 9.26. The third-order valence-electron chi connectivity index (χ3n) is 1.69. The Labute approximate surface area is 73.6 Å². The van der Waals surface area contributed by atoms with Crippen molar-refractivity contribution in [2.45, 2.75) is 0 Å². The van der Waals surface area contributed by atoms with Crippen LogP contribution in [0.3, 0.4) is 0 Å². The van der Waals surface area contributed by atoms with Gasteiger partial charge in [-0.3, -0.25) is 0 Å². The van der Waals surface area contributed by atoms with Crippen LogP contribution in [-0.2, 0) is 0 Å². The number of halogens is 1. The molecular formula is C8H7FN4. The number of rotatable bonds is 1. The van der Waals surface area contributed by atoms with Crippen molar-refractivity contribution in [3.05, 3.63) is 30.1 Å². The standard InChI is InChI=1S/C8H7FN4/c9-6-3-1-5(2-4-6)7-8(10)12-13-11-7/h1-4H,(H3,10,11,12,13). The molecular weight excluding hydrogens is 171 g/mol. The number of nitrogens with zero attached hydrogens (tertiary/aromatic N) is 2. The molecule has 3 N–H and O–H groups in total. The van der Waals surface area contributed by atoms with E-state index >= 15 is 0 Å². The lowest BCUT2D eigenvalue weighted by Gasteiger charge is -1.95. The molecule has 0 saturated heterocycles. The molecule has 0 aliphatic rings. The van der Waals surface area contributed by atoms with E-state index in [9.17, 15) is 4.39 Å². The van der Waals surface area contributed by atoms with Gasteiger partial charge in [0.15, 0.2) is 5.82 Å². The van der Waals surface area contributed by atoms with Crippen molar-refractivity contribution < 1.29 is 4.39 Å². The molecule has 0 aliphatic carbocycles. The zero-order valence-electron chi connectivity index (χ0n) is 6.66. The SMILES string of the molecule is Nc1n[nH]nc1-c1ccc(F)cc1. The summed E-state index contributed by atoms with van der Waals surface area (Å²) >= 11 is 0. The van der Waals surface area contributed by atoms with Crippen LogP contribution in [0.4, 0.5) is 10.2 Å². The molecule has 0 amide bonds. The minimum absolute atomic E-state index is 0.286. The molecule has 0 radical (unpaired) electrons. The lowest BCUT2D eigenvalue weighted by atomic mass is 10.1. The smallest absolute Gasteiger partial charge is 0.173 e. The number of H-pyrrole nitrogens is 1. The fourth-order valence-corrected chi connectivity index (χ4v) is 1.06. The van der Waals surface area contributed by atoms with E-state index in [2.05, 4.69) is 15.4 Å². The molecule has 0 unspecified atom stereocenters. The first kappa shape index (κ1) is 7.72. The quantitative estimate of drug-likeness (QED) is 0.689. The summed E-state index contributed by atoms with van der Waals surface area (Å²) in [6.07, 6.45) is 0. The predicted molar refractivity (Wildman–Crippen MR) is 46.2 cm³/mol. The number of aromatic nitrogens is 3. The van der Waals surface area contributed by atoms with Crippen LogP contribution in [0.1, 0.15) is 0 Å². The van der Waals surface area contributed by atoms with Gasteiger partial charge in [-0.1, -0.05) is 0 Å². The molecule has 0 saturated carbocycles. The second kappa shape index (κ2) is 2.85. The summed E-state index contributed by atoms with van der Waals surface area (Å²) in [5.41, 5.74) is 6.80. The van der Waals surface area contributed by atoms with Gasteiger partial charge in [0.05, 0.1) is 0 Å². The van der Waals surface area contributed by atoms with Crippen molar-refractivity contribution in [2.75, 3.05) is 5.73 Å². The average molecular weight is 178 g/mol. The van der Waals surface area contributed by atoms with Crippen molar-refractivity contribution >= 4 is 5.82 Å². The van der Waals surface area contributed by atoms with Gasteiger partial charge in [0, 0.05) is 5.56 Å². The van der Waals surface area contributed by atoms with E-state index in [0.717, 1.165) is 5.56 Å². The fraction of sp³-hybridized carbons (Fsp3) is 0. The van der Waals surface area contributed by atoms with Crippen molar-refractivity contribution in [1.29, 1.82) is 0 Å². The minimum atomic E-state index is -0.286. The van der Waals surface area contributed by atoms with Gasteiger partial charge in [-0.25, -0.2) is 4.39 Å². The first-order chi connectivity index (χ1) is 6.27. The molecule has 1 heterocycles. The number of benzene rings is 1. The zero-order valence-corrected chi connectivity index (χ0v) is 6.66. The van der Waals surface area contributed by atoms with E-state index in [-0.39, 0.29) is 5.82 Å². The summed E-state index contributed by atoms with van der Waals surface area (Å²) in [5, 5.41) is 9.89. The molecule has 2 rings (SSSR count). The lowest BCUT2D eigenvalue weighted by Crippen LogP contribution is -1.88. The Morgan fingerprint density at radius 2 is 1.85 bits per heavy atom. The summed E-state index contributed by atoms with van der Waals surface area (Å²) in [6.45, 7) is 0. The molecule has 0 aliphatic heterocycles. The van der Waals surface area contributed by atoms with Crippen LogP contribution in [0.5, 0.6) is 0 Å². The molecule has 5 heteroatoms. The van der Waals surface area contributed by atoms with Crippen LogP contribution >= 0.6 is 0 Å². The number of anilines is 1. The Hall–Kier alpha value is -1.91. The Morgan fingerprint density at radius 1 is 1.15 bits per heavy atom. The number of nitrogens with two attached hydrogens (primary N) is 1. The van der Waals surface area contributed by atoms with E-state index in [0.29, 0.717) is 11.5 Å². The fourth-order valence-electron chi connectivity index (χ4n) is 1.06. The molecule has 1 aromatic carbocycles. The summed E-state index contributed by atoms with van der Waals surface area (Å²) in [7, 11) is 0. The summed E-state index contributed by atoms with van der Waals surface area (Å²) < 4.78 is 12.6. The maximum absolute atomic E-state index is 12.6. The molecule has 66 valence electrons. The highest BCUT2D eigenvalue weighted by atomic mass is 19.1. The van der Waals surface area contributed by atoms with E-state index in [1.165, 1.54) is 12.1 Å². The summed E-state index contributed by atoms with van der Waals surface area (Å²) in [4.78, 5) is 0. The third kappa shape index (κ3) is 1.35. The van der Waals surface area contributed by atoms with Gasteiger partial charge >= 0.3 is 0 Å². The summed E-state index contributed by atoms with van der Waals surface area (Å²) in [5.74, 6) is 0.0254. The van der Waals surface area contributed by atoms with Crippen LogP contribution in [0.2, 0.25) is 0 Å². The van der Waals surface area contributed by atoms with E-state index in [1.54, 1.807) is 12.1 Å². The molecule has 0 bridgehead atoms. The first-order valence-electron chi connectivity index (χ1n) is 3.69. The van der Waals surface area contributed by atoms with Gasteiger partial charge < -0.3 is 5.73 Å². The average Bonchev–Trinajstić information content (AvgIpc) is 2.53. The second-order valence-electron chi connectivity index (χ2n) is 2.56. The highest BCUT2D eigenvalue weighted by molar-refractivity contribution is 5.68. The highest BCUT2D eigenvalue weighted by Crippen LogP contribution is 2.20. The lowest BCUT2D eigenvalue weighted by molar-refractivity contribution is 0.628. The van der Waals surface area contributed by atoms with Crippen molar-refractivity contribution in [2.24, 2.45) is 0 Å². The van der Waals surface area contributed by atoms with E-state index in [1.807, 2.05) is 0 Å². The van der Waals surface area contributed by atoms with Gasteiger partial charge in [0.25, 0.3) is 0 Å². The van der Waals surface area contributed by atoms with Crippen LogP contribution in [0, 0.1) is 5.82 Å². The molecule has 0 spiro atoms. The maximum Gasteiger partial charge on any atom is 0.173 e. The number of nitrogens with one attached hydrogen (secondary N) is 1. The Bertz CT molecular complexity index is 406. The van der Waals surface area contributed by atoms with Gasteiger partial charge in [-0.05, 0) is 24.3 Å². The van der Waals surface area contributed by atoms with Crippen LogP contribution in [0.15, 0.2) is 24.3 Å². The van der Waals surface area contributed by atoms with Crippen molar-refractivity contribution in [3.8, 4) is 11.3 Å². The van der Waals surface area contributed by atoms with Crippen LogP contribution < -0.4 is 5.73 Å². The summed E-state index contributed by atoms with van der Waals surface area (Å²) in [6, 6.07) is 5.90. The van der Waals surface area contributed by atoms with Gasteiger partial charge in [-0.15, -0.1) is 5.10 Å². The van der Waals surface area contributed by atoms with E-state index in [4.69, 9.17) is 5.73 Å². The minimum Gasteiger partial charge on any atom is -0.380 e. The molecule has 13 heavy (non-hydrogen) atoms. The first-order valence-corrected chi connectivity index (χ1v) is 3.69. The number of aromatic amines is 1. The molecule has 0 atom stereocenters. The normalized spacial score (nSPS) is 10.2. The maximum atomic E-state index is 12.6. The number of nitrogen functional groups attached to an aromatic ring is 1. The molecule has 4 nitrogen and oxygen atoms in total. The van der Waals surface area contributed by atoms with Crippen LogP contribution in [-0.4, -0.2) is 15.4 Å². The third-order valence-corrected chi connectivity index (χ3v) is 1.69. The van der Waals surface area contributed by atoms with E-state index < -0.39 is 0 Å². The Morgan fingerprint density at radius 3 is 2.38 bits per heavy atom. The van der Waals surface area contributed by atoms with Crippen molar-refractivity contribution in [1.82, 2.24) is 15.4 Å². The van der Waals surface area contributed by atoms with Gasteiger partial charge in [-0.2, -0.15) is 10.3 Å². The largest absolute Gasteiger partial charge is 0.380 e. The Balaban J connectivity index is 2.47. The topological polar surface area (TPSA) is 67.6 Å². The van der Waals surface area contributed by atoms with Gasteiger partial charge in [0.2, 0.25) is 0 Å². The van der Waals surface area contributed by atoms with Crippen LogP contribution in [0.25, 0.3) is 11.3 Å². The number of hydrogen-bond donors (Lipinski definition) is 2. The number of hydrogen-bond acceptors (Lipinski definition) is 3. The van der Waals surface area contributed by atoms with Crippen molar-refractivity contribution in [3.63, 3.8) is 0 Å². The van der Waals surface area contributed by atoms with Gasteiger partial charge in [0.1, 0.15) is 11.5 Å². The highest BCUT2D eigenvalue weighted by Gasteiger charge is 2.05. The predicted octanol–water partition coefficient (Wildman–Crippen LogP) is 1.19.